The van der Waals surface area contributed by atoms with E-state index in [9.17, 15) is 4.39 Å². The second-order valence-corrected chi connectivity index (χ2v) is 5.92. The van der Waals surface area contributed by atoms with Crippen molar-refractivity contribution in [2.45, 2.75) is 46.7 Å². The van der Waals surface area contributed by atoms with Gasteiger partial charge in [0.25, 0.3) is 0 Å². The zero-order valence-corrected chi connectivity index (χ0v) is 12.5. The van der Waals surface area contributed by atoms with E-state index in [1.54, 1.807) is 6.07 Å². The Morgan fingerprint density at radius 3 is 2.58 bits per heavy atom. The molecule has 0 unspecified atom stereocenters. The maximum absolute atomic E-state index is 13.8. The third-order valence-electron chi connectivity index (χ3n) is 2.58. The van der Waals surface area contributed by atoms with E-state index in [1.165, 1.54) is 6.07 Å². The fourth-order valence-electron chi connectivity index (χ4n) is 1.51. The number of benzene rings is 1. The zero-order valence-electron chi connectivity index (χ0n) is 12.5. The van der Waals surface area contributed by atoms with Gasteiger partial charge in [-0.3, -0.25) is 0 Å². The first kappa shape index (κ1) is 15.7. The summed E-state index contributed by atoms with van der Waals surface area (Å²) in [5.74, 6) is 0.0344. The summed E-state index contributed by atoms with van der Waals surface area (Å²) < 4.78 is 19.4. The summed E-state index contributed by atoms with van der Waals surface area (Å²) in [6.07, 6.45) is 1.94. The van der Waals surface area contributed by atoms with Crippen LogP contribution in [0.5, 0.6) is 5.75 Å². The van der Waals surface area contributed by atoms with Crippen molar-refractivity contribution in [3.05, 3.63) is 41.2 Å². The van der Waals surface area contributed by atoms with E-state index >= 15 is 0 Å². The molecule has 0 bridgehead atoms. The van der Waals surface area contributed by atoms with Crippen LogP contribution in [0, 0.1) is 5.82 Å². The molecule has 1 N–H and O–H groups in total. The summed E-state index contributed by atoms with van der Waals surface area (Å²) in [5.41, 5.74) is 1.99. The van der Waals surface area contributed by atoms with Crippen molar-refractivity contribution in [2.75, 3.05) is 6.61 Å². The first-order valence-corrected chi connectivity index (χ1v) is 6.58. The molecule has 0 spiro atoms. The monoisotopic (exact) mass is 265 g/mol. The van der Waals surface area contributed by atoms with Gasteiger partial charge in [-0.1, -0.05) is 17.7 Å². The van der Waals surface area contributed by atoms with E-state index in [0.717, 1.165) is 11.1 Å². The molecule has 1 aromatic rings. The van der Waals surface area contributed by atoms with Crippen molar-refractivity contribution in [1.82, 2.24) is 5.32 Å². The minimum Gasteiger partial charge on any atom is -0.486 e. The van der Waals surface area contributed by atoms with Crippen LogP contribution >= 0.6 is 0 Å². The molecule has 0 atom stereocenters. The highest BCUT2D eigenvalue weighted by Gasteiger charge is 2.13. The maximum atomic E-state index is 13.8. The highest BCUT2D eigenvalue weighted by molar-refractivity contribution is 5.35. The molecule has 1 rings (SSSR count). The van der Waals surface area contributed by atoms with Gasteiger partial charge in [0.1, 0.15) is 6.61 Å². The highest BCUT2D eigenvalue weighted by atomic mass is 19.1. The molecule has 0 heterocycles. The first-order valence-electron chi connectivity index (χ1n) is 6.58. The number of ether oxygens (including phenoxy) is 1. The number of halogens is 1. The molecule has 106 valence electrons. The smallest absolute Gasteiger partial charge is 0.165 e. The van der Waals surface area contributed by atoms with E-state index in [4.69, 9.17) is 4.74 Å². The van der Waals surface area contributed by atoms with Gasteiger partial charge in [-0.2, -0.15) is 0 Å². The molecule has 0 saturated heterocycles. The van der Waals surface area contributed by atoms with Crippen molar-refractivity contribution < 1.29 is 9.13 Å². The van der Waals surface area contributed by atoms with Crippen LogP contribution in [0.4, 0.5) is 4.39 Å². The molecule has 0 aliphatic carbocycles. The summed E-state index contributed by atoms with van der Waals surface area (Å²) in [6, 6.07) is 5.03. The van der Waals surface area contributed by atoms with E-state index < -0.39 is 0 Å². The van der Waals surface area contributed by atoms with Crippen molar-refractivity contribution in [1.29, 1.82) is 0 Å². The Bertz CT molecular complexity index is 443. The molecule has 0 aromatic heterocycles. The number of allylic oxidation sites excluding steroid dienone is 1. The van der Waals surface area contributed by atoms with E-state index in [0.29, 0.717) is 18.9 Å². The number of hydrogen-bond donors (Lipinski definition) is 1. The average Bonchev–Trinajstić information content (AvgIpc) is 2.27. The maximum Gasteiger partial charge on any atom is 0.165 e. The summed E-state index contributed by atoms with van der Waals surface area (Å²) in [7, 11) is 0. The van der Waals surface area contributed by atoms with Gasteiger partial charge in [0.05, 0.1) is 0 Å². The topological polar surface area (TPSA) is 21.3 Å². The molecule has 0 radical (unpaired) electrons. The number of rotatable bonds is 5. The number of nitrogens with one attached hydrogen (secondary N) is 1. The Morgan fingerprint density at radius 2 is 2.00 bits per heavy atom. The lowest BCUT2D eigenvalue weighted by molar-refractivity contribution is 0.331. The third-order valence-corrected chi connectivity index (χ3v) is 2.58. The van der Waals surface area contributed by atoms with Gasteiger partial charge in [0, 0.05) is 17.6 Å². The van der Waals surface area contributed by atoms with Crippen LogP contribution in [0.25, 0.3) is 0 Å². The van der Waals surface area contributed by atoms with Crippen molar-refractivity contribution >= 4 is 0 Å². The summed E-state index contributed by atoms with van der Waals surface area (Å²) in [6.45, 7) is 11.2. The summed E-state index contributed by atoms with van der Waals surface area (Å²) >= 11 is 0. The summed E-state index contributed by atoms with van der Waals surface area (Å²) in [4.78, 5) is 0. The van der Waals surface area contributed by atoms with E-state index in [2.05, 4.69) is 26.1 Å². The van der Waals surface area contributed by atoms with Gasteiger partial charge in [-0.25, -0.2) is 4.39 Å². The van der Waals surface area contributed by atoms with Crippen LogP contribution in [0.15, 0.2) is 29.8 Å². The second-order valence-electron chi connectivity index (χ2n) is 5.92. The lowest BCUT2D eigenvalue weighted by Gasteiger charge is -2.21. The molecule has 0 saturated carbocycles. The highest BCUT2D eigenvalue weighted by Crippen LogP contribution is 2.23. The third kappa shape index (κ3) is 5.88. The molecule has 3 heteroatoms. The molecular weight excluding hydrogens is 241 g/mol. The predicted octanol–water partition coefficient (Wildman–Crippen LogP) is 4.06. The normalized spacial score (nSPS) is 11.3. The van der Waals surface area contributed by atoms with Crippen LogP contribution in [0.3, 0.4) is 0 Å². The Labute approximate surface area is 115 Å². The van der Waals surface area contributed by atoms with Crippen LogP contribution in [0.2, 0.25) is 0 Å². The number of hydrogen-bond acceptors (Lipinski definition) is 2. The fourth-order valence-corrected chi connectivity index (χ4v) is 1.51. The second kappa shape index (κ2) is 6.71. The predicted molar refractivity (Wildman–Crippen MR) is 77.9 cm³/mol. The van der Waals surface area contributed by atoms with Gasteiger partial charge in [0.2, 0.25) is 0 Å². The van der Waals surface area contributed by atoms with Gasteiger partial charge in [-0.15, -0.1) is 0 Å². The molecule has 0 aliphatic heterocycles. The van der Waals surface area contributed by atoms with Crippen LogP contribution in [-0.4, -0.2) is 12.1 Å². The molecule has 2 nitrogen and oxygen atoms in total. The Hall–Kier alpha value is -1.35. The van der Waals surface area contributed by atoms with Gasteiger partial charge < -0.3 is 10.1 Å². The quantitative estimate of drug-likeness (QED) is 0.811. The minimum atomic E-state index is -0.310. The van der Waals surface area contributed by atoms with Crippen LogP contribution in [-0.2, 0) is 6.54 Å². The van der Waals surface area contributed by atoms with Crippen molar-refractivity contribution in [3.8, 4) is 5.75 Å². The lowest BCUT2D eigenvalue weighted by atomic mass is 10.1. The summed E-state index contributed by atoms with van der Waals surface area (Å²) in [5, 5.41) is 3.34. The molecule has 0 amide bonds. The molecule has 0 aliphatic rings. The molecule has 19 heavy (non-hydrogen) atoms. The van der Waals surface area contributed by atoms with Crippen LogP contribution < -0.4 is 10.1 Å². The fraction of sp³-hybridized carbons (Fsp3) is 0.500. The SMILES string of the molecule is CC(C)=CCOc1c(F)cccc1CNC(C)(C)C. The van der Waals surface area contributed by atoms with Gasteiger partial charge in [-0.05, 0) is 46.8 Å². The van der Waals surface area contributed by atoms with E-state index in [1.807, 2.05) is 26.0 Å². The van der Waals surface area contributed by atoms with Gasteiger partial charge >= 0.3 is 0 Å². The minimum absolute atomic E-state index is 0.0104. The molecule has 1 aromatic carbocycles. The molecule has 0 fully saturated rings. The first-order chi connectivity index (χ1) is 8.79. The Balaban J connectivity index is 2.80. The Kier molecular flexibility index (Phi) is 5.55. The average molecular weight is 265 g/mol. The molecular formula is C16H24FNO. The Morgan fingerprint density at radius 1 is 1.32 bits per heavy atom. The van der Waals surface area contributed by atoms with Crippen LogP contribution in [0.1, 0.15) is 40.2 Å². The van der Waals surface area contributed by atoms with Gasteiger partial charge in [0.15, 0.2) is 11.6 Å². The van der Waals surface area contributed by atoms with E-state index in [-0.39, 0.29) is 11.4 Å². The van der Waals surface area contributed by atoms with Crippen molar-refractivity contribution in [2.24, 2.45) is 0 Å². The lowest BCUT2D eigenvalue weighted by Crippen LogP contribution is -2.35. The standard InChI is InChI=1S/C16H24FNO/c1-12(2)9-10-19-15-13(7-6-8-14(15)17)11-18-16(3,4)5/h6-9,18H,10-11H2,1-5H3. The largest absolute Gasteiger partial charge is 0.486 e. The van der Waals surface area contributed by atoms with Crippen molar-refractivity contribution in [3.63, 3.8) is 0 Å². The number of para-hydroxylation sites is 1. The zero-order chi connectivity index (χ0) is 14.5.